The van der Waals surface area contributed by atoms with Gasteiger partial charge in [-0.3, -0.25) is 0 Å². The van der Waals surface area contributed by atoms with Gasteiger partial charge in [-0.25, -0.2) is 0 Å². The van der Waals surface area contributed by atoms with E-state index in [1.807, 2.05) is 6.92 Å². The maximum Gasteiger partial charge on any atom is 0.252 e. The van der Waals surface area contributed by atoms with E-state index in [2.05, 4.69) is 17.1 Å². The van der Waals surface area contributed by atoms with Crippen LogP contribution in [0.3, 0.4) is 0 Å². The normalized spacial score (nSPS) is 29.5. The average Bonchev–Trinajstić information content (AvgIpc) is 2.78. The number of rotatable bonds is 4. The molecule has 1 fully saturated rings. The average molecular weight is 240 g/mol. The summed E-state index contributed by atoms with van der Waals surface area (Å²) in [7, 11) is 0. The van der Waals surface area contributed by atoms with Crippen molar-refractivity contribution in [3.8, 4) is 0 Å². The molecule has 1 aromatic heterocycles. The van der Waals surface area contributed by atoms with Crippen molar-refractivity contribution < 1.29 is 14.4 Å². The Balaban J connectivity index is 2.26. The van der Waals surface area contributed by atoms with Crippen molar-refractivity contribution in [3.63, 3.8) is 0 Å². The highest BCUT2D eigenvalue weighted by Gasteiger charge is 2.41. The Kier molecular flexibility index (Phi) is 3.79. The van der Waals surface area contributed by atoms with Gasteiger partial charge in [0.15, 0.2) is 0 Å². The van der Waals surface area contributed by atoms with E-state index in [0.717, 1.165) is 19.3 Å². The first-order valence-electron chi connectivity index (χ1n) is 6.28. The smallest absolute Gasteiger partial charge is 0.252 e. The molecule has 0 bridgehead atoms. The van der Waals surface area contributed by atoms with E-state index >= 15 is 0 Å². The third kappa shape index (κ3) is 2.50. The number of hydrogen-bond donors (Lipinski definition) is 1. The van der Waals surface area contributed by atoms with Crippen LogP contribution < -0.4 is 0 Å². The van der Waals surface area contributed by atoms with Gasteiger partial charge >= 0.3 is 0 Å². The third-order valence-electron chi connectivity index (χ3n) is 3.39. The molecule has 0 saturated heterocycles. The molecule has 5 nitrogen and oxygen atoms in total. The fraction of sp³-hybridized carbons (Fsp3) is 0.833. The van der Waals surface area contributed by atoms with Gasteiger partial charge in [0.1, 0.15) is 12.2 Å². The van der Waals surface area contributed by atoms with Crippen molar-refractivity contribution in [2.45, 2.75) is 51.7 Å². The second-order valence-electron chi connectivity index (χ2n) is 4.80. The molecular weight excluding hydrogens is 220 g/mol. The predicted octanol–water partition coefficient (Wildman–Crippen LogP) is 2.00. The van der Waals surface area contributed by atoms with Crippen molar-refractivity contribution in [1.29, 1.82) is 0 Å². The van der Waals surface area contributed by atoms with Crippen molar-refractivity contribution in [3.05, 3.63) is 11.7 Å². The van der Waals surface area contributed by atoms with Gasteiger partial charge in [0.05, 0.1) is 0 Å². The summed E-state index contributed by atoms with van der Waals surface area (Å²) in [6.45, 7) is 4.62. The van der Waals surface area contributed by atoms with Crippen LogP contribution in [0.15, 0.2) is 4.52 Å². The van der Waals surface area contributed by atoms with Gasteiger partial charge < -0.3 is 14.4 Å². The highest BCUT2D eigenvalue weighted by Crippen LogP contribution is 2.41. The van der Waals surface area contributed by atoms with Crippen molar-refractivity contribution in [1.82, 2.24) is 10.1 Å². The third-order valence-corrected chi connectivity index (χ3v) is 3.39. The molecule has 96 valence electrons. The summed E-state index contributed by atoms with van der Waals surface area (Å²) in [5.41, 5.74) is -0.413. The van der Waals surface area contributed by atoms with Crippen LogP contribution >= 0.6 is 0 Å². The summed E-state index contributed by atoms with van der Waals surface area (Å²) in [5, 5.41) is 12.9. The minimum atomic E-state index is -0.413. The molecule has 2 atom stereocenters. The highest BCUT2D eigenvalue weighted by atomic mass is 16.5. The number of ether oxygens (including phenoxy) is 1. The molecule has 0 amide bonds. The summed E-state index contributed by atoms with van der Waals surface area (Å²) in [5.74, 6) is 1.46. The monoisotopic (exact) mass is 240 g/mol. The Morgan fingerprint density at radius 2 is 2.41 bits per heavy atom. The van der Waals surface area contributed by atoms with Crippen molar-refractivity contribution in [2.24, 2.45) is 5.92 Å². The molecule has 1 aromatic rings. The lowest BCUT2D eigenvalue weighted by Gasteiger charge is -2.37. The fourth-order valence-corrected chi connectivity index (χ4v) is 2.68. The van der Waals surface area contributed by atoms with E-state index in [1.54, 1.807) is 0 Å². The number of aromatic nitrogens is 2. The quantitative estimate of drug-likeness (QED) is 0.871. The molecular formula is C12H20N2O3. The lowest BCUT2D eigenvalue weighted by Crippen LogP contribution is -2.36. The summed E-state index contributed by atoms with van der Waals surface area (Å²) in [6, 6.07) is 0. The van der Waals surface area contributed by atoms with Gasteiger partial charge in [-0.05, 0) is 32.1 Å². The summed E-state index contributed by atoms with van der Waals surface area (Å²) >= 11 is 0. The zero-order chi connectivity index (χ0) is 12.3. The fourth-order valence-electron chi connectivity index (χ4n) is 2.68. The van der Waals surface area contributed by atoms with E-state index < -0.39 is 5.60 Å². The molecule has 1 saturated carbocycles. The van der Waals surface area contributed by atoms with Crippen LogP contribution in [-0.4, -0.2) is 21.9 Å². The molecule has 1 aliphatic carbocycles. The number of aliphatic hydroxyl groups is 1. The van der Waals surface area contributed by atoms with Crippen molar-refractivity contribution in [2.75, 3.05) is 6.61 Å². The van der Waals surface area contributed by atoms with Crippen LogP contribution in [0.2, 0.25) is 0 Å². The first-order chi connectivity index (χ1) is 8.20. The predicted molar refractivity (Wildman–Crippen MR) is 61.2 cm³/mol. The molecule has 5 heteroatoms. The van der Waals surface area contributed by atoms with E-state index in [4.69, 9.17) is 14.4 Å². The van der Waals surface area contributed by atoms with E-state index in [0.29, 0.717) is 18.3 Å². The SMILES string of the molecule is CCOC1(c2noc(CO)n2)CCCC(C)C1. The Hall–Kier alpha value is -0.940. The summed E-state index contributed by atoms with van der Waals surface area (Å²) < 4.78 is 10.9. The molecule has 0 spiro atoms. The molecule has 2 unspecified atom stereocenters. The molecule has 1 N–H and O–H groups in total. The van der Waals surface area contributed by atoms with Crippen LogP contribution in [-0.2, 0) is 16.9 Å². The van der Waals surface area contributed by atoms with Crippen molar-refractivity contribution >= 4 is 0 Å². The zero-order valence-corrected chi connectivity index (χ0v) is 10.5. The maximum atomic E-state index is 8.98. The minimum absolute atomic E-state index is 0.218. The Bertz CT molecular complexity index is 362. The molecule has 1 aliphatic rings. The standard InChI is InChI=1S/C12H20N2O3/c1-3-16-12(6-4-5-9(2)7-12)11-13-10(8-15)17-14-11/h9,15H,3-8H2,1-2H3. The van der Waals surface area contributed by atoms with E-state index in [-0.39, 0.29) is 12.5 Å². The Morgan fingerprint density at radius 1 is 1.59 bits per heavy atom. The summed E-state index contributed by atoms with van der Waals surface area (Å²) in [6.07, 6.45) is 4.19. The van der Waals surface area contributed by atoms with Gasteiger partial charge in [0, 0.05) is 6.61 Å². The highest BCUT2D eigenvalue weighted by molar-refractivity contribution is 5.04. The molecule has 1 heterocycles. The number of hydrogen-bond acceptors (Lipinski definition) is 5. The van der Waals surface area contributed by atoms with Gasteiger partial charge in [-0.2, -0.15) is 4.98 Å². The van der Waals surface area contributed by atoms with E-state index in [9.17, 15) is 0 Å². The first kappa shape index (κ1) is 12.5. The number of nitrogens with zero attached hydrogens (tertiary/aromatic N) is 2. The second kappa shape index (κ2) is 5.14. The molecule has 0 aromatic carbocycles. The van der Waals surface area contributed by atoms with Crippen LogP contribution in [0, 0.1) is 5.92 Å². The minimum Gasteiger partial charge on any atom is -0.387 e. The lowest BCUT2D eigenvalue weighted by atomic mass is 9.78. The van der Waals surface area contributed by atoms with Gasteiger partial charge in [-0.1, -0.05) is 18.5 Å². The first-order valence-corrected chi connectivity index (χ1v) is 6.28. The second-order valence-corrected chi connectivity index (χ2v) is 4.80. The van der Waals surface area contributed by atoms with Crippen LogP contribution in [0.5, 0.6) is 0 Å². The van der Waals surface area contributed by atoms with Gasteiger partial charge in [-0.15, -0.1) is 0 Å². The van der Waals surface area contributed by atoms with Gasteiger partial charge in [0.2, 0.25) is 5.82 Å². The largest absolute Gasteiger partial charge is 0.387 e. The van der Waals surface area contributed by atoms with E-state index in [1.165, 1.54) is 6.42 Å². The zero-order valence-electron chi connectivity index (χ0n) is 10.5. The number of aliphatic hydroxyl groups excluding tert-OH is 1. The van der Waals surface area contributed by atoms with Crippen LogP contribution in [0.1, 0.15) is 51.2 Å². The molecule has 2 rings (SSSR count). The molecule has 0 radical (unpaired) electrons. The van der Waals surface area contributed by atoms with Gasteiger partial charge in [0.25, 0.3) is 5.89 Å². The Morgan fingerprint density at radius 3 is 3.00 bits per heavy atom. The molecule has 0 aliphatic heterocycles. The van der Waals surface area contributed by atoms with Crippen LogP contribution in [0.25, 0.3) is 0 Å². The summed E-state index contributed by atoms with van der Waals surface area (Å²) in [4.78, 5) is 4.22. The topological polar surface area (TPSA) is 68.4 Å². The lowest BCUT2D eigenvalue weighted by molar-refractivity contribution is -0.0891. The molecule has 17 heavy (non-hydrogen) atoms. The maximum absolute atomic E-state index is 8.98. The van der Waals surface area contributed by atoms with Crippen LogP contribution in [0.4, 0.5) is 0 Å². The Labute approximate surface area is 101 Å².